The molecular formula is C14H15BrN2O4. The van der Waals surface area contributed by atoms with E-state index in [0.717, 1.165) is 9.86 Å². The minimum absolute atomic E-state index is 0.193. The fourth-order valence-corrected chi connectivity index (χ4v) is 2.32. The van der Waals surface area contributed by atoms with Crippen LogP contribution in [0.4, 0.5) is 0 Å². The molecule has 2 rings (SSSR count). The number of fused-ring (bicyclic) bond motifs is 1. The molecule has 0 radical (unpaired) electrons. The molecule has 0 saturated heterocycles. The van der Waals surface area contributed by atoms with Crippen molar-refractivity contribution in [2.45, 2.75) is 19.8 Å². The van der Waals surface area contributed by atoms with Gasteiger partial charge in [0.25, 0.3) is 0 Å². The molecule has 0 saturated carbocycles. The number of carbonyl (C=O) groups excluding carboxylic acids is 2. The molecule has 21 heavy (non-hydrogen) atoms. The first-order chi connectivity index (χ1) is 10.1. The van der Waals surface area contributed by atoms with E-state index >= 15 is 0 Å². The van der Waals surface area contributed by atoms with E-state index in [1.54, 1.807) is 26.1 Å². The topological polar surface area (TPSA) is 81.3 Å². The number of aromatic amines is 1. The molecule has 0 atom stereocenters. The molecule has 0 aliphatic carbocycles. The highest BCUT2D eigenvalue weighted by Crippen LogP contribution is 2.24. The Balaban J connectivity index is 2.42. The molecule has 112 valence electrons. The van der Waals surface area contributed by atoms with E-state index < -0.39 is 17.9 Å². The van der Waals surface area contributed by atoms with Crippen molar-refractivity contribution in [3.63, 3.8) is 0 Å². The lowest BCUT2D eigenvalue weighted by Crippen LogP contribution is -2.26. The number of carbonyl (C=O) groups is 2. The SMILES string of the molecule is CCOC(=O)C(C(=O)OCC)c1cc2cc(Br)cnc2[nH]1. The normalized spacial score (nSPS) is 10.9. The van der Waals surface area contributed by atoms with Crippen LogP contribution in [0.2, 0.25) is 0 Å². The van der Waals surface area contributed by atoms with Crippen molar-refractivity contribution in [3.8, 4) is 0 Å². The summed E-state index contributed by atoms with van der Waals surface area (Å²) in [5.74, 6) is -2.40. The van der Waals surface area contributed by atoms with Crippen molar-refractivity contribution in [3.05, 3.63) is 28.5 Å². The van der Waals surface area contributed by atoms with Crippen LogP contribution < -0.4 is 0 Å². The van der Waals surface area contributed by atoms with Gasteiger partial charge in [-0.2, -0.15) is 0 Å². The van der Waals surface area contributed by atoms with Gasteiger partial charge in [0.05, 0.1) is 13.2 Å². The van der Waals surface area contributed by atoms with Gasteiger partial charge in [-0.25, -0.2) is 4.98 Å². The Morgan fingerprint density at radius 3 is 2.43 bits per heavy atom. The van der Waals surface area contributed by atoms with Crippen LogP contribution in [0.1, 0.15) is 25.5 Å². The summed E-state index contributed by atoms with van der Waals surface area (Å²) < 4.78 is 10.7. The maximum Gasteiger partial charge on any atom is 0.326 e. The van der Waals surface area contributed by atoms with Gasteiger partial charge >= 0.3 is 11.9 Å². The zero-order valence-electron chi connectivity index (χ0n) is 11.7. The van der Waals surface area contributed by atoms with Gasteiger partial charge in [0.2, 0.25) is 0 Å². The number of hydrogen-bond acceptors (Lipinski definition) is 5. The lowest BCUT2D eigenvalue weighted by Gasteiger charge is -2.12. The van der Waals surface area contributed by atoms with E-state index in [1.807, 2.05) is 6.07 Å². The Hall–Kier alpha value is -1.89. The highest BCUT2D eigenvalue weighted by Gasteiger charge is 2.33. The smallest absolute Gasteiger partial charge is 0.326 e. The summed E-state index contributed by atoms with van der Waals surface area (Å²) in [6, 6.07) is 3.54. The molecular weight excluding hydrogens is 340 g/mol. The summed E-state index contributed by atoms with van der Waals surface area (Å²) in [6.45, 7) is 3.76. The van der Waals surface area contributed by atoms with E-state index in [1.165, 1.54) is 0 Å². The number of ether oxygens (including phenoxy) is 2. The van der Waals surface area contributed by atoms with Gasteiger partial charge in [0.15, 0.2) is 5.92 Å². The molecule has 0 bridgehead atoms. The quantitative estimate of drug-likeness (QED) is 0.659. The third-order valence-corrected chi connectivity index (χ3v) is 3.25. The number of nitrogens with zero attached hydrogens (tertiary/aromatic N) is 1. The molecule has 1 N–H and O–H groups in total. The Bertz CT molecular complexity index is 650. The van der Waals surface area contributed by atoms with E-state index in [0.29, 0.717) is 11.3 Å². The van der Waals surface area contributed by atoms with Crippen LogP contribution >= 0.6 is 15.9 Å². The second-order valence-electron chi connectivity index (χ2n) is 4.25. The molecule has 0 aliphatic rings. The zero-order valence-corrected chi connectivity index (χ0v) is 13.3. The minimum Gasteiger partial charge on any atom is -0.465 e. The Kier molecular flexibility index (Phi) is 4.95. The third-order valence-electron chi connectivity index (χ3n) is 2.81. The predicted octanol–water partition coefficient (Wildman–Crippen LogP) is 2.54. The van der Waals surface area contributed by atoms with Gasteiger partial charge in [-0.1, -0.05) is 0 Å². The van der Waals surface area contributed by atoms with Crippen LogP contribution in [0, 0.1) is 0 Å². The van der Waals surface area contributed by atoms with Crippen LogP contribution in [-0.2, 0) is 19.1 Å². The molecule has 0 spiro atoms. The van der Waals surface area contributed by atoms with Crippen LogP contribution in [0.3, 0.4) is 0 Å². The standard InChI is InChI=1S/C14H15BrN2O4/c1-3-20-13(18)11(14(19)21-4-2)10-6-8-5-9(15)7-16-12(8)17-10/h5-7,11H,3-4H2,1-2H3,(H,16,17). The summed E-state index contributed by atoms with van der Waals surface area (Å²) >= 11 is 3.33. The number of pyridine rings is 1. The van der Waals surface area contributed by atoms with Gasteiger partial charge in [0, 0.05) is 21.7 Å². The molecule has 0 aromatic carbocycles. The van der Waals surface area contributed by atoms with Crippen molar-refractivity contribution in [1.29, 1.82) is 0 Å². The molecule has 7 heteroatoms. The van der Waals surface area contributed by atoms with Crippen molar-refractivity contribution in [1.82, 2.24) is 9.97 Å². The fourth-order valence-electron chi connectivity index (χ4n) is 1.97. The monoisotopic (exact) mass is 354 g/mol. The number of aromatic nitrogens is 2. The molecule has 6 nitrogen and oxygen atoms in total. The molecule has 0 fully saturated rings. The van der Waals surface area contributed by atoms with Gasteiger partial charge < -0.3 is 14.5 Å². The Labute approximate surface area is 130 Å². The number of hydrogen-bond donors (Lipinski definition) is 1. The second kappa shape index (κ2) is 6.71. The lowest BCUT2D eigenvalue weighted by atomic mass is 10.1. The van der Waals surface area contributed by atoms with Gasteiger partial charge in [-0.3, -0.25) is 9.59 Å². The number of rotatable bonds is 5. The fraction of sp³-hybridized carbons (Fsp3) is 0.357. The van der Waals surface area contributed by atoms with Crippen molar-refractivity contribution in [2.24, 2.45) is 0 Å². The van der Waals surface area contributed by atoms with Crippen molar-refractivity contribution >= 4 is 38.9 Å². The van der Waals surface area contributed by atoms with Crippen LogP contribution in [-0.4, -0.2) is 35.1 Å². The van der Waals surface area contributed by atoms with E-state index in [9.17, 15) is 9.59 Å². The first-order valence-corrected chi connectivity index (χ1v) is 7.33. The van der Waals surface area contributed by atoms with E-state index in [4.69, 9.17) is 9.47 Å². The number of halogens is 1. The zero-order chi connectivity index (χ0) is 15.4. The molecule has 0 unspecified atom stereocenters. The number of esters is 2. The Morgan fingerprint density at radius 1 is 1.24 bits per heavy atom. The average molecular weight is 355 g/mol. The van der Waals surface area contributed by atoms with Gasteiger partial charge in [0.1, 0.15) is 5.65 Å². The van der Waals surface area contributed by atoms with Gasteiger partial charge in [-0.15, -0.1) is 0 Å². The predicted molar refractivity (Wildman–Crippen MR) is 79.8 cm³/mol. The summed E-state index contributed by atoms with van der Waals surface area (Å²) in [5.41, 5.74) is 0.999. The summed E-state index contributed by atoms with van der Waals surface area (Å²) in [6.07, 6.45) is 1.63. The number of nitrogens with one attached hydrogen (secondary N) is 1. The van der Waals surface area contributed by atoms with Crippen molar-refractivity contribution in [2.75, 3.05) is 13.2 Å². The molecule has 2 aromatic rings. The average Bonchev–Trinajstić information content (AvgIpc) is 2.81. The highest BCUT2D eigenvalue weighted by atomic mass is 79.9. The maximum atomic E-state index is 12.0. The number of H-pyrrole nitrogens is 1. The highest BCUT2D eigenvalue weighted by molar-refractivity contribution is 9.10. The molecule has 2 aromatic heterocycles. The summed E-state index contributed by atoms with van der Waals surface area (Å²) in [7, 11) is 0. The summed E-state index contributed by atoms with van der Waals surface area (Å²) in [4.78, 5) is 31.2. The minimum atomic E-state index is -1.13. The first kappa shape index (κ1) is 15.5. The second-order valence-corrected chi connectivity index (χ2v) is 5.17. The van der Waals surface area contributed by atoms with E-state index in [2.05, 4.69) is 25.9 Å². The first-order valence-electron chi connectivity index (χ1n) is 6.54. The van der Waals surface area contributed by atoms with Crippen LogP contribution in [0.15, 0.2) is 22.8 Å². The summed E-state index contributed by atoms with van der Waals surface area (Å²) in [5, 5.41) is 0.790. The third kappa shape index (κ3) is 3.41. The van der Waals surface area contributed by atoms with Crippen LogP contribution in [0.25, 0.3) is 11.0 Å². The van der Waals surface area contributed by atoms with E-state index in [-0.39, 0.29) is 13.2 Å². The molecule has 0 amide bonds. The van der Waals surface area contributed by atoms with Crippen LogP contribution in [0.5, 0.6) is 0 Å². The largest absolute Gasteiger partial charge is 0.465 e. The maximum absolute atomic E-state index is 12.0. The lowest BCUT2D eigenvalue weighted by molar-refractivity contribution is -0.157. The van der Waals surface area contributed by atoms with Gasteiger partial charge in [-0.05, 0) is 41.9 Å². The van der Waals surface area contributed by atoms with Crippen molar-refractivity contribution < 1.29 is 19.1 Å². The Morgan fingerprint density at radius 2 is 1.86 bits per heavy atom. The molecule has 2 heterocycles. The molecule has 0 aliphatic heterocycles.